The van der Waals surface area contributed by atoms with E-state index in [-0.39, 0.29) is 42.8 Å². The van der Waals surface area contributed by atoms with Gasteiger partial charge in [-0.25, -0.2) is 0 Å². The maximum absolute atomic E-state index is 14.4. The lowest BCUT2D eigenvalue weighted by Gasteiger charge is -2.36. The molecular weight excluding hydrogens is 610 g/mol. The van der Waals surface area contributed by atoms with Crippen LogP contribution in [0.2, 0.25) is 5.02 Å². The minimum atomic E-state index is -1.41. The monoisotopic (exact) mass is 641 g/mol. The summed E-state index contributed by atoms with van der Waals surface area (Å²) in [5, 5.41) is 0.353. The van der Waals surface area contributed by atoms with E-state index in [1.807, 2.05) is 60.7 Å². The fourth-order valence-electron chi connectivity index (χ4n) is 7.10. The molecule has 1 aliphatic heterocycles. The van der Waals surface area contributed by atoms with Crippen molar-refractivity contribution in [1.29, 1.82) is 0 Å². The Bertz CT molecular complexity index is 1810. The van der Waals surface area contributed by atoms with Crippen LogP contribution in [0.5, 0.6) is 5.75 Å². The zero-order valence-electron chi connectivity index (χ0n) is 25.3. The molecule has 0 bridgehead atoms. The van der Waals surface area contributed by atoms with Crippen molar-refractivity contribution in [2.45, 2.75) is 44.4 Å². The minimum Gasteiger partial charge on any atom is -0.488 e. The SMILES string of the molecule is COC(OC)c1cc(OCc2ccccc2)c2c(c1Cl)CC1C[C@H]3CC(=O)C(=C(N)OCc4ccccc4)C(=O)[C@]34OC4=C1C2=O. The Kier molecular flexibility index (Phi) is 7.71. The van der Waals surface area contributed by atoms with Gasteiger partial charge in [0.25, 0.3) is 0 Å². The first-order valence-corrected chi connectivity index (χ1v) is 15.5. The van der Waals surface area contributed by atoms with Crippen LogP contribution in [0.25, 0.3) is 0 Å². The molecular formula is C36H32ClNO8. The number of allylic oxidation sites excluding steroid dienone is 1. The number of carbonyl (C=O) groups excluding carboxylic acids is 3. The predicted molar refractivity (Wildman–Crippen MR) is 167 cm³/mol. The van der Waals surface area contributed by atoms with Gasteiger partial charge >= 0.3 is 0 Å². The first-order valence-electron chi connectivity index (χ1n) is 15.1. The van der Waals surface area contributed by atoms with Gasteiger partial charge in [0, 0.05) is 37.7 Å². The molecule has 1 saturated carbocycles. The summed E-state index contributed by atoms with van der Waals surface area (Å²) >= 11 is 6.96. The van der Waals surface area contributed by atoms with Gasteiger partial charge in [-0.3, -0.25) is 14.4 Å². The molecule has 1 saturated heterocycles. The highest BCUT2D eigenvalue weighted by atomic mass is 35.5. The molecule has 0 aromatic heterocycles. The third kappa shape index (κ3) is 4.81. The van der Waals surface area contributed by atoms with Gasteiger partial charge in [0.1, 0.15) is 24.5 Å². The number of benzene rings is 3. The second kappa shape index (κ2) is 11.7. The van der Waals surface area contributed by atoms with Gasteiger partial charge in [-0.05, 0) is 41.5 Å². The molecule has 3 aliphatic carbocycles. The Morgan fingerprint density at radius 1 is 0.978 bits per heavy atom. The zero-order valence-corrected chi connectivity index (χ0v) is 26.1. The minimum absolute atomic E-state index is 0.0411. The average Bonchev–Trinajstić information content (AvgIpc) is 3.82. The van der Waals surface area contributed by atoms with E-state index in [1.54, 1.807) is 6.07 Å². The van der Waals surface area contributed by atoms with Crippen molar-refractivity contribution in [2.24, 2.45) is 17.6 Å². The lowest BCUT2D eigenvalue weighted by atomic mass is 9.62. The van der Waals surface area contributed by atoms with Gasteiger partial charge in [0.2, 0.25) is 11.4 Å². The second-order valence-corrected chi connectivity index (χ2v) is 12.3. The van der Waals surface area contributed by atoms with Gasteiger partial charge in [-0.1, -0.05) is 72.3 Å². The lowest BCUT2D eigenvalue weighted by Crippen LogP contribution is -2.47. The van der Waals surface area contributed by atoms with Crippen LogP contribution in [-0.2, 0) is 48.2 Å². The molecule has 4 aliphatic rings. The number of halogens is 1. The van der Waals surface area contributed by atoms with Crippen LogP contribution in [0.1, 0.15) is 51.7 Å². The second-order valence-electron chi connectivity index (χ2n) is 11.9. The largest absolute Gasteiger partial charge is 0.488 e. The molecule has 1 heterocycles. The van der Waals surface area contributed by atoms with Gasteiger partial charge in [-0.15, -0.1) is 0 Å². The molecule has 10 heteroatoms. The number of hydrogen-bond acceptors (Lipinski definition) is 9. The molecule has 3 atom stereocenters. The molecule has 3 aromatic rings. The zero-order chi connectivity index (χ0) is 32.2. The predicted octanol–water partition coefficient (Wildman–Crippen LogP) is 5.54. The lowest BCUT2D eigenvalue weighted by molar-refractivity contribution is -0.131. The van der Waals surface area contributed by atoms with Crippen molar-refractivity contribution >= 4 is 29.0 Å². The number of hydrogen-bond donors (Lipinski definition) is 1. The van der Waals surface area contributed by atoms with E-state index in [0.29, 0.717) is 51.6 Å². The third-order valence-corrected chi connectivity index (χ3v) is 9.76. The van der Waals surface area contributed by atoms with Crippen molar-refractivity contribution in [2.75, 3.05) is 14.2 Å². The maximum atomic E-state index is 14.4. The highest BCUT2D eigenvalue weighted by Gasteiger charge is 2.73. The Labute approximate surface area is 270 Å². The number of nitrogens with two attached hydrogens (primary N) is 1. The molecule has 2 N–H and O–H groups in total. The van der Waals surface area contributed by atoms with Crippen molar-refractivity contribution in [3.8, 4) is 5.75 Å². The van der Waals surface area contributed by atoms with Crippen LogP contribution in [0.4, 0.5) is 0 Å². The summed E-state index contributed by atoms with van der Waals surface area (Å²) in [5.74, 6) is -1.64. The molecule has 3 aromatic carbocycles. The van der Waals surface area contributed by atoms with Crippen molar-refractivity contribution in [3.63, 3.8) is 0 Å². The number of rotatable bonds is 9. The van der Waals surface area contributed by atoms with Crippen molar-refractivity contribution in [3.05, 3.63) is 122 Å². The molecule has 1 spiro atoms. The summed E-state index contributed by atoms with van der Waals surface area (Å²) in [6.45, 7) is 0.307. The van der Waals surface area contributed by atoms with E-state index >= 15 is 0 Å². The number of ketones is 3. The Morgan fingerprint density at radius 3 is 2.28 bits per heavy atom. The van der Waals surface area contributed by atoms with Crippen molar-refractivity contribution < 1.29 is 38.1 Å². The first kappa shape index (κ1) is 30.2. The number of Topliss-reactive ketones (excluding diaryl/α,β-unsaturated/α-hetero) is 3. The molecule has 9 nitrogen and oxygen atoms in total. The number of methoxy groups -OCH3 is 2. The molecule has 1 unspecified atom stereocenters. The number of carbonyl (C=O) groups is 3. The number of fused-ring (bicyclic) bond motifs is 2. The van der Waals surface area contributed by atoms with E-state index in [0.717, 1.165) is 11.1 Å². The molecule has 46 heavy (non-hydrogen) atoms. The fraction of sp³-hybridized carbons (Fsp3) is 0.306. The van der Waals surface area contributed by atoms with Crippen molar-refractivity contribution in [1.82, 2.24) is 0 Å². The molecule has 236 valence electrons. The summed E-state index contributed by atoms with van der Waals surface area (Å²) in [5.41, 5.74) is 8.22. The summed E-state index contributed by atoms with van der Waals surface area (Å²) in [6, 6.07) is 20.6. The molecule has 2 fully saturated rings. The summed E-state index contributed by atoms with van der Waals surface area (Å²) < 4.78 is 29.1. The summed E-state index contributed by atoms with van der Waals surface area (Å²) in [7, 11) is 3.01. The number of epoxide rings is 1. The van der Waals surface area contributed by atoms with Crippen LogP contribution >= 0.6 is 11.6 Å². The first-order chi connectivity index (χ1) is 22.3. The van der Waals surface area contributed by atoms with E-state index in [9.17, 15) is 14.4 Å². The molecule has 0 radical (unpaired) electrons. The Hall–Kier alpha value is -4.44. The van der Waals surface area contributed by atoms with Crippen LogP contribution in [-0.4, -0.2) is 37.2 Å². The van der Waals surface area contributed by atoms with Crippen LogP contribution in [0.3, 0.4) is 0 Å². The standard InChI is InChI=1S/C36H32ClNO8/c1-42-35(43-2)24-16-26(44-17-19-9-5-3-6-10-19)28-23(30(24)37)14-21-13-22-15-25(39)29(34(38)45-18-20-11-7-4-8-12-20)32(41)36(22)33(46-36)27(21)31(28)40/h3-12,16,21-22,35H,13-15,17-18,38H2,1-2H3/t21?,22-,36+/m0/s1. The third-order valence-electron chi connectivity index (χ3n) is 9.31. The highest BCUT2D eigenvalue weighted by molar-refractivity contribution is 6.34. The van der Waals surface area contributed by atoms with Crippen LogP contribution < -0.4 is 10.5 Å². The van der Waals surface area contributed by atoms with E-state index < -0.39 is 29.4 Å². The van der Waals surface area contributed by atoms with E-state index in [1.165, 1.54) is 14.2 Å². The van der Waals surface area contributed by atoms with Gasteiger partial charge < -0.3 is 29.4 Å². The normalized spacial score (nSPS) is 24.0. The van der Waals surface area contributed by atoms with Crippen LogP contribution in [0, 0.1) is 11.8 Å². The average molecular weight is 642 g/mol. The van der Waals surface area contributed by atoms with Gasteiger partial charge in [0.15, 0.2) is 29.5 Å². The smallest absolute Gasteiger partial charge is 0.231 e. The molecule has 0 amide bonds. The highest BCUT2D eigenvalue weighted by Crippen LogP contribution is 2.63. The van der Waals surface area contributed by atoms with Crippen LogP contribution in [0.15, 0.2) is 89.5 Å². The number of ether oxygens (including phenoxy) is 5. The fourth-order valence-corrected chi connectivity index (χ4v) is 7.42. The quantitative estimate of drug-likeness (QED) is 0.105. The van der Waals surface area contributed by atoms with Gasteiger partial charge in [-0.2, -0.15) is 0 Å². The summed E-state index contributed by atoms with van der Waals surface area (Å²) in [4.78, 5) is 41.8. The van der Waals surface area contributed by atoms with Gasteiger partial charge in [0.05, 0.1) is 10.6 Å². The molecule has 7 rings (SSSR count). The Morgan fingerprint density at radius 2 is 1.63 bits per heavy atom. The Balaban J connectivity index is 1.26. The van der Waals surface area contributed by atoms with E-state index in [2.05, 4.69) is 0 Å². The van der Waals surface area contributed by atoms with E-state index in [4.69, 9.17) is 41.0 Å². The topological polar surface area (TPSA) is 127 Å². The summed E-state index contributed by atoms with van der Waals surface area (Å²) in [6.07, 6.45) is 0.0287. The maximum Gasteiger partial charge on any atom is 0.231 e.